The van der Waals surface area contributed by atoms with Gasteiger partial charge in [-0.2, -0.15) is 5.10 Å². The SMILES string of the molecule is CCN1CCN(c2ccc(F)cc2C(C)NC(=O)CCc2c(C)c3c(C)nn(C)c3[nH]c2=O)CC1. The van der Waals surface area contributed by atoms with Crippen LogP contribution >= 0.6 is 0 Å². The third-order valence-corrected chi connectivity index (χ3v) is 7.15. The second-order valence-corrected chi connectivity index (χ2v) is 9.40. The maximum atomic E-state index is 14.2. The summed E-state index contributed by atoms with van der Waals surface area (Å²) in [5, 5.41) is 8.33. The van der Waals surface area contributed by atoms with Crippen molar-refractivity contribution in [1.29, 1.82) is 0 Å². The molecule has 1 unspecified atom stereocenters. The smallest absolute Gasteiger partial charge is 0.253 e. The van der Waals surface area contributed by atoms with Crippen LogP contribution in [0.15, 0.2) is 23.0 Å². The Morgan fingerprint density at radius 3 is 2.63 bits per heavy atom. The molecule has 35 heavy (non-hydrogen) atoms. The van der Waals surface area contributed by atoms with E-state index >= 15 is 0 Å². The molecule has 8 nitrogen and oxygen atoms in total. The van der Waals surface area contributed by atoms with Crippen LogP contribution in [0.2, 0.25) is 0 Å². The summed E-state index contributed by atoms with van der Waals surface area (Å²) < 4.78 is 15.8. The summed E-state index contributed by atoms with van der Waals surface area (Å²) in [4.78, 5) is 33.1. The average Bonchev–Trinajstić information content (AvgIpc) is 3.11. The van der Waals surface area contributed by atoms with Gasteiger partial charge in [0.05, 0.1) is 11.7 Å². The van der Waals surface area contributed by atoms with Crippen LogP contribution in [0.3, 0.4) is 0 Å². The zero-order chi connectivity index (χ0) is 25.3. The summed E-state index contributed by atoms with van der Waals surface area (Å²) in [7, 11) is 1.80. The first-order valence-corrected chi connectivity index (χ1v) is 12.3. The van der Waals surface area contributed by atoms with Crippen LogP contribution in [0, 0.1) is 19.7 Å². The summed E-state index contributed by atoms with van der Waals surface area (Å²) in [6.45, 7) is 12.5. The van der Waals surface area contributed by atoms with E-state index in [0.717, 1.165) is 60.6 Å². The Hall–Kier alpha value is -3.20. The number of benzene rings is 1. The number of likely N-dealkylation sites (N-methyl/N-ethyl adjacent to an activating group) is 1. The predicted octanol–water partition coefficient (Wildman–Crippen LogP) is 2.97. The fourth-order valence-electron chi connectivity index (χ4n) is 5.15. The zero-order valence-corrected chi connectivity index (χ0v) is 21.2. The van der Waals surface area contributed by atoms with Crippen molar-refractivity contribution in [2.75, 3.05) is 37.6 Å². The summed E-state index contributed by atoms with van der Waals surface area (Å²) in [6, 6.07) is 4.44. The van der Waals surface area contributed by atoms with Gasteiger partial charge in [0.2, 0.25) is 5.91 Å². The molecule has 3 aromatic rings. The molecular formula is C26H35FN6O2. The van der Waals surface area contributed by atoms with Crippen molar-refractivity contribution in [3.8, 4) is 0 Å². The Kier molecular flexibility index (Phi) is 7.25. The van der Waals surface area contributed by atoms with E-state index in [1.54, 1.807) is 11.7 Å². The summed E-state index contributed by atoms with van der Waals surface area (Å²) >= 11 is 0. The van der Waals surface area contributed by atoms with Gasteiger partial charge in [0.1, 0.15) is 11.5 Å². The van der Waals surface area contributed by atoms with Gasteiger partial charge in [-0.15, -0.1) is 0 Å². The number of pyridine rings is 1. The number of aromatic nitrogens is 3. The van der Waals surface area contributed by atoms with Gasteiger partial charge in [-0.1, -0.05) is 6.92 Å². The molecule has 3 heterocycles. The third kappa shape index (κ3) is 5.10. The van der Waals surface area contributed by atoms with E-state index < -0.39 is 0 Å². The highest BCUT2D eigenvalue weighted by Crippen LogP contribution is 2.29. The quantitative estimate of drug-likeness (QED) is 0.541. The molecule has 188 valence electrons. The minimum Gasteiger partial charge on any atom is -0.369 e. The Labute approximate surface area is 205 Å². The minimum atomic E-state index is -0.361. The molecule has 0 radical (unpaired) electrons. The number of amides is 1. The lowest BCUT2D eigenvalue weighted by molar-refractivity contribution is -0.121. The van der Waals surface area contributed by atoms with Crippen molar-refractivity contribution in [3.63, 3.8) is 0 Å². The Morgan fingerprint density at radius 2 is 1.94 bits per heavy atom. The molecule has 0 aliphatic carbocycles. The van der Waals surface area contributed by atoms with E-state index in [-0.39, 0.29) is 29.7 Å². The fraction of sp³-hybridized carbons (Fsp3) is 0.500. The van der Waals surface area contributed by atoms with Crippen LogP contribution in [-0.2, 0) is 18.3 Å². The van der Waals surface area contributed by atoms with Gasteiger partial charge in [-0.3, -0.25) is 14.3 Å². The van der Waals surface area contributed by atoms with Crippen LogP contribution in [0.25, 0.3) is 11.0 Å². The molecule has 1 atom stereocenters. The lowest BCUT2D eigenvalue weighted by Crippen LogP contribution is -2.46. The standard InChI is InChI=1S/C26H35FN6O2/c1-6-32-11-13-33(14-12-32)22-9-7-19(27)15-21(22)17(3)28-23(34)10-8-20-16(2)24-18(4)30-31(5)25(24)29-26(20)35/h7,9,15,17H,6,8,10-14H2,1-5H3,(H,28,34)(H,29,35). The highest BCUT2D eigenvalue weighted by atomic mass is 19.1. The molecule has 1 aliphatic rings. The zero-order valence-electron chi connectivity index (χ0n) is 21.2. The van der Waals surface area contributed by atoms with Crippen LogP contribution in [0.4, 0.5) is 10.1 Å². The highest BCUT2D eigenvalue weighted by molar-refractivity contribution is 5.83. The Balaban J connectivity index is 1.47. The lowest BCUT2D eigenvalue weighted by atomic mass is 10.0. The first-order chi connectivity index (χ1) is 16.7. The number of fused-ring (bicyclic) bond motifs is 1. The van der Waals surface area contributed by atoms with E-state index in [0.29, 0.717) is 17.6 Å². The fourth-order valence-corrected chi connectivity index (χ4v) is 5.15. The summed E-state index contributed by atoms with van der Waals surface area (Å²) in [5.41, 5.74) is 4.51. The van der Waals surface area contributed by atoms with Crippen molar-refractivity contribution < 1.29 is 9.18 Å². The number of halogens is 1. The Bertz CT molecular complexity index is 1290. The van der Waals surface area contributed by atoms with Crippen LogP contribution < -0.4 is 15.8 Å². The number of aromatic amines is 1. The first-order valence-electron chi connectivity index (χ1n) is 12.3. The molecule has 1 saturated heterocycles. The normalized spacial score (nSPS) is 15.5. The molecule has 2 aromatic heterocycles. The second kappa shape index (κ2) is 10.2. The molecule has 1 aromatic carbocycles. The number of hydrogen-bond acceptors (Lipinski definition) is 5. The molecule has 0 saturated carbocycles. The van der Waals surface area contributed by atoms with Gasteiger partial charge in [0, 0.05) is 61.8 Å². The maximum absolute atomic E-state index is 14.2. The van der Waals surface area contributed by atoms with Gasteiger partial charge in [-0.25, -0.2) is 4.39 Å². The highest BCUT2D eigenvalue weighted by Gasteiger charge is 2.22. The van der Waals surface area contributed by atoms with Gasteiger partial charge in [0.15, 0.2) is 0 Å². The second-order valence-electron chi connectivity index (χ2n) is 9.40. The van der Waals surface area contributed by atoms with Crippen LogP contribution in [0.5, 0.6) is 0 Å². The molecule has 9 heteroatoms. The maximum Gasteiger partial charge on any atom is 0.253 e. The molecule has 2 N–H and O–H groups in total. The van der Waals surface area contributed by atoms with E-state index in [4.69, 9.17) is 0 Å². The summed E-state index contributed by atoms with van der Waals surface area (Å²) in [6.07, 6.45) is 0.484. The number of piperazine rings is 1. The summed E-state index contributed by atoms with van der Waals surface area (Å²) in [5.74, 6) is -0.496. The number of anilines is 1. The number of carbonyl (C=O) groups excluding carboxylic acids is 1. The van der Waals surface area contributed by atoms with Gasteiger partial charge >= 0.3 is 0 Å². The average molecular weight is 483 g/mol. The molecule has 1 fully saturated rings. The minimum absolute atomic E-state index is 0.166. The number of aryl methyl sites for hydroxylation is 3. The van der Waals surface area contributed by atoms with Gasteiger partial charge in [-0.05, 0) is 57.5 Å². The van der Waals surface area contributed by atoms with E-state index in [1.165, 1.54) is 12.1 Å². The van der Waals surface area contributed by atoms with Gasteiger partial charge < -0.3 is 20.1 Å². The Morgan fingerprint density at radius 1 is 1.23 bits per heavy atom. The third-order valence-electron chi connectivity index (χ3n) is 7.15. The molecular weight excluding hydrogens is 447 g/mol. The van der Waals surface area contributed by atoms with Crippen molar-refractivity contribution in [1.82, 2.24) is 25.0 Å². The number of H-pyrrole nitrogens is 1. The molecule has 0 spiro atoms. The van der Waals surface area contributed by atoms with Crippen LogP contribution in [-0.4, -0.2) is 58.3 Å². The lowest BCUT2D eigenvalue weighted by Gasteiger charge is -2.37. The van der Waals surface area contributed by atoms with E-state index in [2.05, 4.69) is 32.1 Å². The molecule has 1 amide bonds. The number of nitrogens with zero attached hydrogens (tertiary/aromatic N) is 4. The van der Waals surface area contributed by atoms with Crippen molar-refractivity contribution in [2.24, 2.45) is 7.05 Å². The van der Waals surface area contributed by atoms with E-state index in [1.807, 2.05) is 26.8 Å². The van der Waals surface area contributed by atoms with Crippen molar-refractivity contribution in [2.45, 2.75) is 46.6 Å². The number of rotatable bonds is 7. The molecule has 1 aliphatic heterocycles. The first kappa shape index (κ1) is 24.9. The predicted molar refractivity (Wildman–Crippen MR) is 136 cm³/mol. The topological polar surface area (TPSA) is 86.3 Å². The number of hydrogen-bond donors (Lipinski definition) is 2. The number of nitrogens with one attached hydrogen (secondary N) is 2. The van der Waals surface area contributed by atoms with Crippen LogP contribution in [0.1, 0.15) is 48.7 Å². The molecule has 4 rings (SSSR count). The number of carbonyl (C=O) groups is 1. The van der Waals surface area contributed by atoms with Crippen molar-refractivity contribution in [3.05, 3.63) is 56.8 Å². The van der Waals surface area contributed by atoms with Gasteiger partial charge in [0.25, 0.3) is 5.56 Å². The van der Waals surface area contributed by atoms with E-state index in [9.17, 15) is 14.0 Å². The molecule has 0 bridgehead atoms. The monoisotopic (exact) mass is 482 g/mol. The van der Waals surface area contributed by atoms with Crippen molar-refractivity contribution >= 4 is 22.6 Å². The largest absolute Gasteiger partial charge is 0.369 e.